The summed E-state index contributed by atoms with van der Waals surface area (Å²) in [4.78, 5) is 29.9. The topological polar surface area (TPSA) is 138 Å². The zero-order valence-corrected chi connectivity index (χ0v) is 16.9. The van der Waals surface area contributed by atoms with Crippen molar-refractivity contribution < 1.29 is 15.0 Å². The van der Waals surface area contributed by atoms with Gasteiger partial charge in [0.15, 0.2) is 17.0 Å². The van der Waals surface area contributed by atoms with E-state index < -0.39 is 23.7 Å². The van der Waals surface area contributed by atoms with E-state index in [-0.39, 0.29) is 17.6 Å². The van der Waals surface area contributed by atoms with Gasteiger partial charge < -0.3 is 25.4 Å². The van der Waals surface area contributed by atoms with E-state index in [2.05, 4.69) is 42.4 Å². The fourth-order valence-corrected chi connectivity index (χ4v) is 4.72. The molecule has 2 fully saturated rings. The van der Waals surface area contributed by atoms with Crippen LogP contribution in [0.3, 0.4) is 0 Å². The van der Waals surface area contributed by atoms with E-state index in [1.54, 1.807) is 36.4 Å². The Morgan fingerprint density at radius 3 is 2.84 bits per heavy atom. The lowest BCUT2D eigenvalue weighted by molar-refractivity contribution is -0.132. The number of fused-ring (bicyclic) bond motifs is 2. The van der Waals surface area contributed by atoms with Crippen LogP contribution >= 0.6 is 0 Å². The van der Waals surface area contributed by atoms with Crippen LogP contribution in [0.2, 0.25) is 0 Å². The molecule has 0 radical (unpaired) electrons. The number of aliphatic hydroxyl groups excluding tert-OH is 2. The van der Waals surface area contributed by atoms with Gasteiger partial charge in [-0.2, -0.15) is 0 Å². The second-order valence-electron chi connectivity index (χ2n) is 7.82. The largest absolute Gasteiger partial charge is 0.389 e. The van der Waals surface area contributed by atoms with Crippen LogP contribution in [-0.4, -0.2) is 66.9 Å². The maximum Gasteiger partial charge on any atom is 0.229 e. The Morgan fingerprint density at radius 2 is 2.13 bits per heavy atom. The molecule has 1 amide bonds. The molecule has 0 unspecified atom stereocenters. The number of carbonyl (C=O) groups excluding carboxylic acids is 1. The Labute approximate surface area is 177 Å². The van der Waals surface area contributed by atoms with Crippen LogP contribution in [0.5, 0.6) is 0 Å². The Bertz CT molecular complexity index is 1230. The predicted octanol–water partition coefficient (Wildman–Crippen LogP) is -0.308. The molecular weight excluding hydrogens is 398 g/mol. The highest BCUT2D eigenvalue weighted by molar-refractivity contribution is 5.88. The van der Waals surface area contributed by atoms with Crippen LogP contribution in [0, 0.1) is 23.2 Å². The monoisotopic (exact) mass is 419 g/mol. The average Bonchev–Trinajstić information content (AvgIpc) is 3.34. The van der Waals surface area contributed by atoms with Crippen molar-refractivity contribution >= 4 is 22.9 Å². The fraction of sp³-hybridized carbons (Fsp3) is 0.381. The molecule has 4 N–H and O–H groups in total. The minimum absolute atomic E-state index is 0.215. The first kappa shape index (κ1) is 19.4. The number of pyridine rings is 1. The van der Waals surface area contributed by atoms with E-state index in [1.165, 1.54) is 7.05 Å². The van der Waals surface area contributed by atoms with Crippen molar-refractivity contribution in [3.8, 4) is 11.8 Å². The van der Waals surface area contributed by atoms with Crippen molar-refractivity contribution in [2.45, 2.75) is 24.7 Å². The fourth-order valence-electron chi connectivity index (χ4n) is 4.72. The molecule has 5 atom stereocenters. The predicted molar refractivity (Wildman–Crippen MR) is 111 cm³/mol. The lowest BCUT2D eigenvalue weighted by Gasteiger charge is -2.23. The summed E-state index contributed by atoms with van der Waals surface area (Å²) in [6.07, 6.45) is 3.10. The van der Waals surface area contributed by atoms with Gasteiger partial charge in [-0.05, 0) is 24.5 Å². The zero-order chi connectivity index (χ0) is 21.8. The lowest BCUT2D eigenvalue weighted by Crippen LogP contribution is -2.41. The summed E-state index contributed by atoms with van der Waals surface area (Å²) in [5.74, 6) is 6.23. The first-order valence-electron chi connectivity index (χ1n) is 9.94. The second-order valence-corrected chi connectivity index (χ2v) is 7.82. The smallest absolute Gasteiger partial charge is 0.229 e. The van der Waals surface area contributed by atoms with E-state index in [0.717, 1.165) is 5.56 Å². The highest BCUT2D eigenvalue weighted by atomic mass is 16.3. The van der Waals surface area contributed by atoms with E-state index in [4.69, 9.17) is 0 Å². The van der Waals surface area contributed by atoms with Crippen molar-refractivity contribution in [1.82, 2.24) is 29.8 Å². The number of nitrogens with one attached hydrogen (secondary N) is 2. The maximum absolute atomic E-state index is 12.4. The van der Waals surface area contributed by atoms with Crippen LogP contribution in [0.4, 0.5) is 5.82 Å². The van der Waals surface area contributed by atoms with Gasteiger partial charge in [0, 0.05) is 38.0 Å². The molecule has 158 valence electrons. The van der Waals surface area contributed by atoms with Gasteiger partial charge in [0.1, 0.15) is 6.10 Å². The highest BCUT2D eigenvalue weighted by Gasteiger charge is 2.75. The maximum atomic E-state index is 12.4. The molecule has 0 aromatic carbocycles. The van der Waals surface area contributed by atoms with Gasteiger partial charge in [-0.25, -0.2) is 15.0 Å². The summed E-state index contributed by atoms with van der Waals surface area (Å²) in [6.45, 7) is 0. The first-order valence-corrected chi connectivity index (χ1v) is 9.94. The van der Waals surface area contributed by atoms with Gasteiger partial charge in [0.2, 0.25) is 11.7 Å². The van der Waals surface area contributed by atoms with Gasteiger partial charge in [0.25, 0.3) is 0 Å². The van der Waals surface area contributed by atoms with Gasteiger partial charge in [0.05, 0.1) is 23.9 Å². The van der Waals surface area contributed by atoms with Crippen molar-refractivity contribution in [1.29, 1.82) is 0 Å². The molecule has 3 heterocycles. The van der Waals surface area contributed by atoms with Crippen LogP contribution in [0.1, 0.15) is 23.9 Å². The summed E-state index contributed by atoms with van der Waals surface area (Å²) >= 11 is 0. The van der Waals surface area contributed by atoms with E-state index in [9.17, 15) is 15.0 Å². The number of hydrogen-bond acceptors (Lipinski definition) is 8. The van der Waals surface area contributed by atoms with Crippen molar-refractivity contribution in [3.63, 3.8) is 0 Å². The van der Waals surface area contributed by atoms with Crippen molar-refractivity contribution in [2.75, 3.05) is 19.4 Å². The number of rotatable bonds is 3. The molecule has 2 aliphatic carbocycles. The SMILES string of the molecule is CNC(=O)[C@@]12C[C@@H]1[C@@H](n1cnc3c(NC)nc(C#Cc4cccnc4)nc31)[C@H](O)[C@@H]2O. The third kappa shape index (κ3) is 2.78. The number of aliphatic hydroxyl groups is 2. The minimum Gasteiger partial charge on any atom is -0.389 e. The summed E-state index contributed by atoms with van der Waals surface area (Å²) in [6, 6.07) is 3.10. The van der Waals surface area contributed by atoms with Gasteiger partial charge in [-0.1, -0.05) is 5.92 Å². The molecule has 3 aromatic rings. The Hall–Kier alpha value is -3.55. The molecule has 0 spiro atoms. The number of amides is 1. The summed E-state index contributed by atoms with van der Waals surface area (Å²) < 4.78 is 1.73. The van der Waals surface area contributed by atoms with E-state index in [0.29, 0.717) is 23.4 Å². The molecular formula is C21H21N7O3. The molecule has 3 aromatic heterocycles. The normalized spacial score (nSPS) is 28.5. The van der Waals surface area contributed by atoms with Gasteiger partial charge in [-0.15, -0.1) is 0 Å². The molecule has 0 aliphatic heterocycles. The third-order valence-electron chi connectivity index (χ3n) is 6.28. The molecule has 31 heavy (non-hydrogen) atoms. The average molecular weight is 419 g/mol. The Balaban J connectivity index is 1.58. The summed E-state index contributed by atoms with van der Waals surface area (Å²) in [7, 11) is 3.26. The standard InChI is InChI=1S/C21H21N7O3/c1-22-18-14-19(27-13(26-18)6-5-11-4-3-7-24-9-11)28(10-25-14)15-12-8-21(12,20(31)23-2)17(30)16(15)29/h3-4,7,9-10,12,15-17,29-30H,8H2,1-2H3,(H,23,31)(H,22,26,27)/t12-,15-,16+,17+,21+/m1/s1. The third-order valence-corrected chi connectivity index (χ3v) is 6.28. The van der Waals surface area contributed by atoms with E-state index in [1.807, 2.05) is 6.07 Å². The molecule has 2 saturated carbocycles. The number of carbonyl (C=O) groups is 1. The van der Waals surface area contributed by atoms with Gasteiger partial charge in [-0.3, -0.25) is 9.78 Å². The number of aromatic nitrogens is 5. The highest BCUT2D eigenvalue weighted by Crippen LogP contribution is 2.67. The van der Waals surface area contributed by atoms with Crippen LogP contribution in [0.15, 0.2) is 30.9 Å². The Kier molecular flexibility index (Phi) is 4.39. The van der Waals surface area contributed by atoms with Crippen molar-refractivity contribution in [3.05, 3.63) is 42.2 Å². The molecule has 0 bridgehead atoms. The first-order chi connectivity index (χ1) is 15.0. The van der Waals surface area contributed by atoms with Crippen LogP contribution in [0.25, 0.3) is 11.2 Å². The summed E-state index contributed by atoms with van der Waals surface area (Å²) in [5.41, 5.74) is 0.755. The molecule has 10 nitrogen and oxygen atoms in total. The Morgan fingerprint density at radius 1 is 1.29 bits per heavy atom. The number of nitrogens with zero attached hydrogens (tertiary/aromatic N) is 5. The van der Waals surface area contributed by atoms with Crippen LogP contribution in [-0.2, 0) is 4.79 Å². The van der Waals surface area contributed by atoms with E-state index >= 15 is 0 Å². The van der Waals surface area contributed by atoms with Gasteiger partial charge >= 0.3 is 0 Å². The lowest BCUT2D eigenvalue weighted by atomic mass is 9.98. The van der Waals surface area contributed by atoms with Crippen molar-refractivity contribution in [2.24, 2.45) is 11.3 Å². The molecule has 10 heteroatoms. The summed E-state index contributed by atoms with van der Waals surface area (Å²) in [5, 5.41) is 27.0. The molecule has 5 rings (SSSR count). The minimum atomic E-state index is -1.16. The molecule has 2 aliphatic rings. The number of imidazole rings is 1. The second kappa shape index (κ2) is 7.01. The molecule has 0 saturated heterocycles. The number of anilines is 1. The zero-order valence-electron chi connectivity index (χ0n) is 16.9. The quantitative estimate of drug-likeness (QED) is 0.424. The van der Waals surface area contributed by atoms with Crippen LogP contribution < -0.4 is 10.6 Å². The number of hydrogen-bond donors (Lipinski definition) is 4.